The van der Waals surface area contributed by atoms with E-state index >= 15 is 0 Å². The Bertz CT molecular complexity index is 345. The topological polar surface area (TPSA) is 66.8 Å². The van der Waals surface area contributed by atoms with Gasteiger partial charge in [0.1, 0.15) is 6.10 Å². The monoisotopic (exact) mass is 310 g/mol. The molecule has 0 aromatic carbocycles. The minimum atomic E-state index is -0.725. The van der Waals surface area contributed by atoms with Crippen LogP contribution in [0, 0.1) is 0 Å². The molecule has 0 aliphatic heterocycles. The molecule has 1 unspecified atom stereocenters. The number of carboxylic acids is 1. The molecule has 0 heterocycles. The maximum Gasteiger partial charge on any atom is 0.303 e. The average molecular weight is 310 g/mol. The van der Waals surface area contributed by atoms with E-state index in [0.717, 1.165) is 51.4 Å². The summed E-state index contributed by atoms with van der Waals surface area (Å²) in [6, 6.07) is 0. The fourth-order valence-corrected chi connectivity index (χ4v) is 2.02. The molecule has 22 heavy (non-hydrogen) atoms. The van der Waals surface area contributed by atoms with Crippen LogP contribution in [-0.4, -0.2) is 22.4 Å². The van der Waals surface area contributed by atoms with Crippen molar-refractivity contribution in [2.45, 2.75) is 70.8 Å². The molecule has 0 amide bonds. The smallest absolute Gasteiger partial charge is 0.303 e. The Labute approximate surface area is 134 Å². The predicted octanol–water partition coefficient (Wildman–Crippen LogP) is 5.13. The van der Waals surface area contributed by atoms with Crippen LogP contribution in [0.15, 0.2) is 36.5 Å². The highest BCUT2D eigenvalue weighted by Gasteiger charge is 2.03. The molecule has 0 aromatic rings. The number of carbonyl (C=O) groups is 1. The molecule has 0 rings (SSSR count). The molecule has 0 fully saturated rings. The Balaban J connectivity index is 3.65. The van der Waals surface area contributed by atoms with Crippen LogP contribution >= 0.6 is 0 Å². The van der Waals surface area contributed by atoms with Gasteiger partial charge in [-0.15, -0.1) is 0 Å². The second kappa shape index (κ2) is 16.0. The van der Waals surface area contributed by atoms with E-state index in [1.807, 2.05) is 18.2 Å². The van der Waals surface area contributed by atoms with Crippen molar-refractivity contribution in [1.29, 1.82) is 0 Å². The zero-order valence-corrected chi connectivity index (χ0v) is 13.6. The molecule has 0 radical (unpaired) electrons. The molecule has 0 aliphatic carbocycles. The Morgan fingerprint density at radius 1 is 1.05 bits per heavy atom. The molecule has 4 nitrogen and oxygen atoms in total. The molecule has 126 valence electrons. The number of aliphatic carboxylic acids is 1. The molecule has 0 aromatic heterocycles. The van der Waals surface area contributed by atoms with Gasteiger partial charge in [-0.05, 0) is 25.7 Å². The van der Waals surface area contributed by atoms with Crippen LogP contribution in [-0.2, 0) is 9.68 Å². The lowest BCUT2D eigenvalue weighted by atomic mass is 10.1. The van der Waals surface area contributed by atoms with E-state index in [4.69, 9.17) is 10.4 Å². The van der Waals surface area contributed by atoms with Crippen molar-refractivity contribution in [1.82, 2.24) is 0 Å². The fraction of sp³-hybridized carbons (Fsp3) is 0.611. The van der Waals surface area contributed by atoms with Crippen LogP contribution in [0.4, 0.5) is 0 Å². The summed E-state index contributed by atoms with van der Waals surface area (Å²) in [6.07, 6.45) is 19.5. The summed E-state index contributed by atoms with van der Waals surface area (Å²) >= 11 is 0. The van der Waals surface area contributed by atoms with Gasteiger partial charge in [0.05, 0.1) is 0 Å². The second-order valence-electron chi connectivity index (χ2n) is 5.27. The van der Waals surface area contributed by atoms with Crippen LogP contribution in [0.25, 0.3) is 0 Å². The molecule has 0 saturated heterocycles. The maximum absolute atomic E-state index is 10.4. The number of hydrogen-bond acceptors (Lipinski definition) is 3. The summed E-state index contributed by atoms with van der Waals surface area (Å²) in [5.41, 5.74) is 0. The number of allylic oxidation sites excluding steroid dienone is 5. The molecule has 4 heteroatoms. The van der Waals surface area contributed by atoms with Gasteiger partial charge in [-0.2, -0.15) is 0 Å². The minimum Gasteiger partial charge on any atom is -0.481 e. The lowest BCUT2D eigenvalue weighted by molar-refractivity contribution is -0.267. The van der Waals surface area contributed by atoms with E-state index in [0.29, 0.717) is 0 Å². The Hall–Kier alpha value is -1.39. The zero-order valence-electron chi connectivity index (χ0n) is 13.6. The first kappa shape index (κ1) is 20.6. The van der Waals surface area contributed by atoms with Crippen molar-refractivity contribution in [3.8, 4) is 0 Å². The number of rotatable bonds is 14. The van der Waals surface area contributed by atoms with Crippen LogP contribution in [0.2, 0.25) is 0 Å². The zero-order chi connectivity index (χ0) is 16.5. The summed E-state index contributed by atoms with van der Waals surface area (Å²) in [6.45, 7) is 2.11. The van der Waals surface area contributed by atoms with Crippen molar-refractivity contribution in [2.24, 2.45) is 0 Å². The summed E-state index contributed by atoms with van der Waals surface area (Å²) in [5.74, 6) is -0.725. The van der Waals surface area contributed by atoms with Crippen molar-refractivity contribution in [3.05, 3.63) is 36.5 Å². The van der Waals surface area contributed by atoms with E-state index in [-0.39, 0.29) is 12.5 Å². The number of unbranched alkanes of at least 4 members (excludes halogenated alkanes) is 4. The first-order valence-electron chi connectivity index (χ1n) is 8.21. The van der Waals surface area contributed by atoms with Crippen LogP contribution < -0.4 is 0 Å². The Morgan fingerprint density at radius 2 is 1.77 bits per heavy atom. The summed E-state index contributed by atoms with van der Waals surface area (Å²) in [4.78, 5) is 14.8. The summed E-state index contributed by atoms with van der Waals surface area (Å²) in [5, 5.41) is 17.4. The first-order chi connectivity index (χ1) is 10.7. The lowest BCUT2D eigenvalue weighted by Crippen LogP contribution is -2.06. The first-order valence-corrected chi connectivity index (χ1v) is 8.21. The largest absolute Gasteiger partial charge is 0.481 e. The van der Waals surface area contributed by atoms with Crippen LogP contribution in [0.3, 0.4) is 0 Å². The van der Waals surface area contributed by atoms with Gasteiger partial charge in [0.15, 0.2) is 0 Å². The fourth-order valence-electron chi connectivity index (χ4n) is 2.02. The lowest BCUT2D eigenvalue weighted by Gasteiger charge is -2.08. The van der Waals surface area contributed by atoms with Gasteiger partial charge in [-0.3, -0.25) is 10.1 Å². The highest BCUT2D eigenvalue weighted by Crippen LogP contribution is 2.11. The molecule has 0 aliphatic rings. The SMILES string of the molecule is CC/C=C\C/C=C/C=C/C(CCCCCCCC(=O)O)OO. The number of hydrogen-bond donors (Lipinski definition) is 2. The molecule has 0 saturated carbocycles. The molecule has 2 N–H and O–H groups in total. The van der Waals surface area contributed by atoms with Crippen molar-refractivity contribution < 1.29 is 20.0 Å². The maximum atomic E-state index is 10.4. The van der Waals surface area contributed by atoms with E-state index in [9.17, 15) is 4.79 Å². The molecule has 0 bridgehead atoms. The molecule has 1 atom stereocenters. The second-order valence-corrected chi connectivity index (χ2v) is 5.27. The van der Waals surface area contributed by atoms with E-state index in [1.165, 1.54) is 0 Å². The third-order valence-corrected chi connectivity index (χ3v) is 3.26. The van der Waals surface area contributed by atoms with Crippen LogP contribution in [0.5, 0.6) is 0 Å². The normalized spacial score (nSPS) is 13.5. The van der Waals surface area contributed by atoms with E-state index < -0.39 is 5.97 Å². The Morgan fingerprint density at radius 3 is 2.45 bits per heavy atom. The number of carboxylic acid groups (broad SMARTS) is 1. The highest BCUT2D eigenvalue weighted by molar-refractivity contribution is 5.66. The van der Waals surface area contributed by atoms with Crippen molar-refractivity contribution >= 4 is 5.97 Å². The summed E-state index contributed by atoms with van der Waals surface area (Å²) in [7, 11) is 0. The van der Waals surface area contributed by atoms with E-state index in [2.05, 4.69) is 30.0 Å². The average Bonchev–Trinajstić information content (AvgIpc) is 2.50. The van der Waals surface area contributed by atoms with Gasteiger partial charge < -0.3 is 5.11 Å². The standard InChI is InChI=1S/C18H30O4/c1-2-3-4-5-6-8-11-14-17(22-21)15-12-9-7-10-13-16-18(19)20/h3-4,6,8,11,14,17,21H,2,5,7,9-10,12-13,15-16H2,1H3,(H,19,20)/b4-3-,8-6+,14-11+. The van der Waals surface area contributed by atoms with E-state index in [1.54, 1.807) is 0 Å². The van der Waals surface area contributed by atoms with Gasteiger partial charge in [0.2, 0.25) is 0 Å². The quantitative estimate of drug-likeness (QED) is 0.153. The summed E-state index contributed by atoms with van der Waals surface area (Å²) < 4.78 is 0. The van der Waals surface area contributed by atoms with Gasteiger partial charge >= 0.3 is 5.97 Å². The predicted molar refractivity (Wildman–Crippen MR) is 89.8 cm³/mol. The molecule has 0 spiro atoms. The van der Waals surface area contributed by atoms with Gasteiger partial charge in [0, 0.05) is 6.42 Å². The van der Waals surface area contributed by atoms with Gasteiger partial charge in [-0.25, -0.2) is 4.89 Å². The molecular formula is C18H30O4. The third kappa shape index (κ3) is 15.0. The van der Waals surface area contributed by atoms with Crippen molar-refractivity contribution in [2.75, 3.05) is 0 Å². The Kier molecular flexibility index (Phi) is 15.0. The highest BCUT2D eigenvalue weighted by atomic mass is 17.1. The van der Waals surface area contributed by atoms with Crippen LogP contribution in [0.1, 0.15) is 64.7 Å². The third-order valence-electron chi connectivity index (χ3n) is 3.26. The molecular weight excluding hydrogens is 280 g/mol. The van der Waals surface area contributed by atoms with Gasteiger partial charge in [-0.1, -0.05) is 69.1 Å². The van der Waals surface area contributed by atoms with Crippen molar-refractivity contribution in [3.63, 3.8) is 0 Å². The minimum absolute atomic E-state index is 0.255. The van der Waals surface area contributed by atoms with Gasteiger partial charge in [0.25, 0.3) is 0 Å².